The molecule has 84 valence electrons. The maximum absolute atomic E-state index is 8.90. The molecule has 0 amide bonds. The van der Waals surface area contributed by atoms with E-state index in [1.54, 1.807) is 24.3 Å². The van der Waals surface area contributed by atoms with Crippen molar-refractivity contribution in [1.82, 2.24) is 10.2 Å². The van der Waals surface area contributed by atoms with Gasteiger partial charge >= 0.3 is 0 Å². The highest BCUT2D eigenvalue weighted by Crippen LogP contribution is 2.28. The minimum Gasteiger partial charge on any atom is -0.336 e. The van der Waals surface area contributed by atoms with Crippen LogP contribution >= 0.6 is 23.2 Å². The van der Waals surface area contributed by atoms with Crippen molar-refractivity contribution in [2.75, 3.05) is 5.32 Å². The Hall–Kier alpha value is -1.83. The van der Waals surface area contributed by atoms with Crippen LogP contribution in [-0.4, -0.2) is 10.2 Å². The fourth-order valence-corrected chi connectivity index (χ4v) is 1.57. The lowest BCUT2D eigenvalue weighted by molar-refractivity contribution is 1.03. The summed E-state index contributed by atoms with van der Waals surface area (Å²) in [6, 6.07) is 8.56. The maximum Gasteiger partial charge on any atom is 0.171 e. The third kappa shape index (κ3) is 2.64. The van der Waals surface area contributed by atoms with Gasteiger partial charge in [0, 0.05) is 5.02 Å². The number of rotatable bonds is 2. The number of hydrogen-bond acceptors (Lipinski definition) is 4. The van der Waals surface area contributed by atoms with E-state index >= 15 is 0 Å². The second-order valence-corrected chi connectivity index (χ2v) is 4.00. The molecule has 2 aromatic rings. The van der Waals surface area contributed by atoms with Gasteiger partial charge in [-0.1, -0.05) is 23.2 Å². The third-order valence-corrected chi connectivity index (χ3v) is 2.59. The Labute approximate surface area is 108 Å². The number of aromatic nitrogens is 2. The number of hydrogen-bond donors (Lipinski definition) is 1. The Balaban J connectivity index is 2.38. The van der Waals surface area contributed by atoms with Gasteiger partial charge in [0.25, 0.3) is 0 Å². The topological polar surface area (TPSA) is 61.6 Å². The highest BCUT2D eigenvalue weighted by molar-refractivity contribution is 6.35. The Morgan fingerprint density at radius 1 is 1.24 bits per heavy atom. The molecule has 0 bridgehead atoms. The van der Waals surface area contributed by atoms with Crippen LogP contribution < -0.4 is 5.32 Å². The first-order valence-corrected chi connectivity index (χ1v) is 5.40. The van der Waals surface area contributed by atoms with E-state index in [0.29, 0.717) is 27.1 Å². The molecular weight excluding hydrogens is 259 g/mol. The van der Waals surface area contributed by atoms with Gasteiger partial charge in [0.05, 0.1) is 22.5 Å². The molecule has 1 heterocycles. The van der Waals surface area contributed by atoms with Crippen molar-refractivity contribution in [2.24, 2.45) is 0 Å². The minimum atomic E-state index is 0.346. The highest BCUT2D eigenvalue weighted by Gasteiger charge is 2.07. The van der Waals surface area contributed by atoms with Crippen molar-refractivity contribution in [3.63, 3.8) is 0 Å². The van der Waals surface area contributed by atoms with E-state index in [1.165, 1.54) is 6.20 Å². The van der Waals surface area contributed by atoms with Crippen LogP contribution in [0, 0.1) is 11.3 Å². The number of halogens is 2. The molecule has 1 aromatic heterocycles. The molecule has 2 rings (SSSR count). The van der Waals surface area contributed by atoms with Crippen LogP contribution in [0.25, 0.3) is 0 Å². The van der Waals surface area contributed by atoms with E-state index in [-0.39, 0.29) is 0 Å². The van der Waals surface area contributed by atoms with Crippen molar-refractivity contribution in [1.29, 1.82) is 5.26 Å². The summed E-state index contributed by atoms with van der Waals surface area (Å²) < 4.78 is 0. The molecule has 0 aliphatic carbocycles. The molecular formula is C11H6Cl2N4. The summed E-state index contributed by atoms with van der Waals surface area (Å²) in [4.78, 5) is 0. The molecule has 6 heteroatoms. The first kappa shape index (κ1) is 11.6. The van der Waals surface area contributed by atoms with Crippen LogP contribution in [0.4, 0.5) is 11.5 Å². The second-order valence-electron chi connectivity index (χ2n) is 3.15. The predicted octanol–water partition coefficient (Wildman–Crippen LogP) is 3.40. The van der Waals surface area contributed by atoms with Gasteiger partial charge < -0.3 is 5.32 Å². The fourth-order valence-electron chi connectivity index (χ4n) is 1.24. The van der Waals surface area contributed by atoms with E-state index in [9.17, 15) is 0 Å². The van der Waals surface area contributed by atoms with Crippen molar-refractivity contribution in [3.8, 4) is 6.07 Å². The van der Waals surface area contributed by atoms with E-state index in [0.717, 1.165) is 0 Å². The minimum absolute atomic E-state index is 0.346. The highest BCUT2D eigenvalue weighted by atomic mass is 35.5. The fraction of sp³-hybridized carbons (Fsp3) is 0. The van der Waals surface area contributed by atoms with Crippen LogP contribution in [0.2, 0.25) is 10.0 Å². The maximum atomic E-state index is 8.90. The van der Waals surface area contributed by atoms with Crippen LogP contribution in [-0.2, 0) is 0 Å². The Morgan fingerprint density at radius 2 is 2.06 bits per heavy atom. The summed E-state index contributed by atoms with van der Waals surface area (Å²) >= 11 is 11.8. The molecule has 0 aliphatic heterocycles. The number of nitrogens with one attached hydrogen (secondary N) is 1. The molecule has 0 spiro atoms. The lowest BCUT2D eigenvalue weighted by Gasteiger charge is -2.08. The quantitative estimate of drug-likeness (QED) is 0.903. The average Bonchev–Trinajstić information content (AvgIpc) is 2.34. The van der Waals surface area contributed by atoms with Gasteiger partial charge in [0.1, 0.15) is 6.07 Å². The van der Waals surface area contributed by atoms with Gasteiger partial charge in [0.2, 0.25) is 0 Å². The van der Waals surface area contributed by atoms with E-state index < -0.39 is 0 Å². The molecule has 0 aliphatic rings. The van der Waals surface area contributed by atoms with Crippen LogP contribution in [0.15, 0.2) is 30.5 Å². The van der Waals surface area contributed by atoms with Gasteiger partial charge in [-0.05, 0) is 24.3 Å². The van der Waals surface area contributed by atoms with Gasteiger partial charge in [0.15, 0.2) is 5.82 Å². The van der Waals surface area contributed by atoms with E-state index in [2.05, 4.69) is 15.5 Å². The third-order valence-electron chi connectivity index (χ3n) is 2.02. The molecule has 0 saturated carbocycles. The van der Waals surface area contributed by atoms with Gasteiger partial charge in [-0.15, -0.1) is 5.10 Å². The first-order chi connectivity index (χ1) is 8.20. The van der Waals surface area contributed by atoms with Gasteiger partial charge in [-0.25, -0.2) is 0 Å². The summed E-state index contributed by atoms with van der Waals surface area (Å²) in [6.07, 6.45) is 1.45. The van der Waals surface area contributed by atoms with Crippen LogP contribution in [0.1, 0.15) is 5.56 Å². The number of nitrogens with zero attached hydrogens (tertiary/aromatic N) is 3. The van der Waals surface area contributed by atoms with Crippen molar-refractivity contribution in [2.45, 2.75) is 0 Å². The molecule has 0 fully saturated rings. The van der Waals surface area contributed by atoms with Gasteiger partial charge in [-0.2, -0.15) is 10.4 Å². The molecule has 1 N–H and O–H groups in total. The summed E-state index contributed by atoms with van der Waals surface area (Å²) in [6.45, 7) is 0. The second kappa shape index (κ2) is 5.00. The first-order valence-electron chi connectivity index (χ1n) is 4.64. The molecule has 17 heavy (non-hydrogen) atoms. The van der Waals surface area contributed by atoms with Crippen LogP contribution in [0.5, 0.6) is 0 Å². The summed E-state index contributed by atoms with van der Waals surface area (Å²) in [5, 5.41) is 20.4. The lowest BCUT2D eigenvalue weighted by Crippen LogP contribution is -1.98. The smallest absolute Gasteiger partial charge is 0.171 e. The number of benzene rings is 1. The number of anilines is 2. The zero-order chi connectivity index (χ0) is 12.3. The monoisotopic (exact) mass is 264 g/mol. The Kier molecular flexibility index (Phi) is 3.43. The Morgan fingerprint density at radius 3 is 2.82 bits per heavy atom. The predicted molar refractivity (Wildman–Crippen MR) is 66.5 cm³/mol. The van der Waals surface area contributed by atoms with Crippen molar-refractivity contribution in [3.05, 3.63) is 46.1 Å². The molecule has 1 aromatic carbocycles. The van der Waals surface area contributed by atoms with Crippen LogP contribution in [0.3, 0.4) is 0 Å². The SMILES string of the molecule is N#Cc1ccnnc1Nc1cc(Cl)ccc1Cl. The van der Waals surface area contributed by atoms with Crippen molar-refractivity contribution < 1.29 is 0 Å². The summed E-state index contributed by atoms with van der Waals surface area (Å²) in [5.74, 6) is 0.346. The molecule has 4 nitrogen and oxygen atoms in total. The molecule has 0 saturated heterocycles. The zero-order valence-corrected chi connectivity index (χ0v) is 10.00. The van der Waals surface area contributed by atoms with E-state index in [1.807, 2.05) is 6.07 Å². The normalized spacial score (nSPS) is 9.71. The van der Waals surface area contributed by atoms with Gasteiger partial charge in [-0.3, -0.25) is 0 Å². The summed E-state index contributed by atoms with van der Waals surface area (Å²) in [7, 11) is 0. The zero-order valence-electron chi connectivity index (χ0n) is 8.48. The van der Waals surface area contributed by atoms with E-state index in [4.69, 9.17) is 28.5 Å². The Bertz CT molecular complexity index is 592. The van der Waals surface area contributed by atoms with Crippen molar-refractivity contribution >= 4 is 34.7 Å². The average molecular weight is 265 g/mol. The number of nitriles is 1. The largest absolute Gasteiger partial charge is 0.336 e. The standard InChI is InChI=1S/C11H6Cl2N4/c12-8-1-2-9(13)10(5-8)16-11-7(6-14)3-4-15-17-11/h1-5H,(H,16,17). The molecule has 0 radical (unpaired) electrons. The molecule has 0 unspecified atom stereocenters. The molecule has 0 atom stereocenters. The summed E-state index contributed by atoms with van der Waals surface area (Å²) in [5.41, 5.74) is 0.965. The lowest BCUT2D eigenvalue weighted by atomic mass is 10.2.